The Hall–Kier alpha value is -1.35. The Kier molecular flexibility index (Phi) is 3.79. The fraction of sp³-hybridized carbons (Fsp3) is 0.143. The molecule has 0 spiro atoms. The van der Waals surface area contributed by atoms with Crippen LogP contribution in [0.2, 0.25) is 0 Å². The highest BCUT2D eigenvalue weighted by molar-refractivity contribution is 9.10. The molecule has 88 valence electrons. The number of aryl methyl sites for hydroxylation is 1. The summed E-state index contributed by atoms with van der Waals surface area (Å²) in [5.41, 5.74) is 3.34. The highest BCUT2D eigenvalue weighted by Crippen LogP contribution is 2.20. The van der Waals surface area contributed by atoms with Gasteiger partial charge in [0.2, 0.25) is 0 Å². The van der Waals surface area contributed by atoms with E-state index < -0.39 is 0 Å². The number of hydrogen-bond donors (Lipinski definition) is 1. The smallest absolute Gasteiger partial charge is 0.124 e. The van der Waals surface area contributed by atoms with Crippen molar-refractivity contribution in [3.8, 4) is 0 Å². The monoisotopic (exact) mass is 293 g/mol. The van der Waals surface area contributed by atoms with Crippen LogP contribution in [0.15, 0.2) is 46.9 Å². The molecular formula is C14H13BrFN. The zero-order valence-corrected chi connectivity index (χ0v) is 11.1. The minimum Gasteiger partial charge on any atom is -0.381 e. The summed E-state index contributed by atoms with van der Waals surface area (Å²) in [6, 6.07) is 12.8. The van der Waals surface area contributed by atoms with E-state index in [4.69, 9.17) is 0 Å². The first-order valence-corrected chi connectivity index (χ1v) is 6.19. The van der Waals surface area contributed by atoms with Gasteiger partial charge in [0.1, 0.15) is 5.82 Å². The Morgan fingerprint density at radius 1 is 1.18 bits per heavy atom. The second-order valence-corrected chi connectivity index (χ2v) is 4.76. The number of benzene rings is 2. The molecule has 0 bridgehead atoms. The molecule has 17 heavy (non-hydrogen) atoms. The van der Waals surface area contributed by atoms with E-state index in [1.807, 2.05) is 18.2 Å². The molecule has 0 unspecified atom stereocenters. The first kappa shape index (κ1) is 12.1. The van der Waals surface area contributed by atoms with Crippen molar-refractivity contribution in [1.82, 2.24) is 0 Å². The predicted molar refractivity (Wildman–Crippen MR) is 72.6 cm³/mol. The molecule has 0 atom stereocenters. The Morgan fingerprint density at radius 3 is 2.65 bits per heavy atom. The largest absolute Gasteiger partial charge is 0.381 e. The van der Waals surface area contributed by atoms with Gasteiger partial charge in [-0.1, -0.05) is 40.2 Å². The molecule has 2 aromatic rings. The van der Waals surface area contributed by atoms with Crippen molar-refractivity contribution in [2.75, 3.05) is 5.32 Å². The van der Waals surface area contributed by atoms with E-state index in [-0.39, 0.29) is 5.82 Å². The third-order valence-electron chi connectivity index (χ3n) is 2.63. The van der Waals surface area contributed by atoms with Gasteiger partial charge in [0.25, 0.3) is 0 Å². The molecule has 0 fully saturated rings. The summed E-state index contributed by atoms with van der Waals surface area (Å²) in [5.74, 6) is -0.225. The van der Waals surface area contributed by atoms with E-state index in [2.05, 4.69) is 34.2 Å². The Balaban J connectivity index is 2.10. The van der Waals surface area contributed by atoms with Crippen molar-refractivity contribution in [1.29, 1.82) is 0 Å². The molecule has 0 heterocycles. The second-order valence-electron chi connectivity index (χ2n) is 3.90. The molecule has 1 N–H and O–H groups in total. The maximum Gasteiger partial charge on any atom is 0.124 e. The lowest BCUT2D eigenvalue weighted by Gasteiger charge is -2.10. The van der Waals surface area contributed by atoms with Gasteiger partial charge in [-0.05, 0) is 36.2 Å². The average molecular weight is 294 g/mol. The summed E-state index contributed by atoms with van der Waals surface area (Å²) in [6.07, 6.45) is 0. The average Bonchev–Trinajstić information content (AvgIpc) is 2.30. The molecule has 2 aromatic carbocycles. The number of halogens is 2. The number of para-hydroxylation sites is 1. The van der Waals surface area contributed by atoms with E-state index >= 15 is 0 Å². The first-order chi connectivity index (χ1) is 8.16. The summed E-state index contributed by atoms with van der Waals surface area (Å²) < 4.78 is 13.7. The van der Waals surface area contributed by atoms with Crippen molar-refractivity contribution < 1.29 is 4.39 Å². The van der Waals surface area contributed by atoms with Crippen molar-refractivity contribution in [2.45, 2.75) is 13.5 Å². The maximum atomic E-state index is 12.9. The minimum absolute atomic E-state index is 0.225. The molecule has 0 aliphatic rings. The summed E-state index contributed by atoms with van der Waals surface area (Å²) in [7, 11) is 0. The van der Waals surface area contributed by atoms with E-state index in [1.165, 1.54) is 17.7 Å². The number of rotatable bonds is 3. The number of nitrogens with one attached hydrogen (secondary N) is 1. The van der Waals surface area contributed by atoms with E-state index in [0.29, 0.717) is 6.54 Å². The maximum absolute atomic E-state index is 12.9. The van der Waals surface area contributed by atoms with E-state index in [0.717, 1.165) is 15.7 Å². The third kappa shape index (κ3) is 3.07. The lowest BCUT2D eigenvalue weighted by atomic mass is 10.2. The lowest BCUT2D eigenvalue weighted by molar-refractivity contribution is 0.626. The molecule has 0 saturated heterocycles. The lowest BCUT2D eigenvalue weighted by Crippen LogP contribution is -2.01. The van der Waals surface area contributed by atoms with Crippen LogP contribution in [0.25, 0.3) is 0 Å². The fourth-order valence-corrected chi connectivity index (χ4v) is 2.12. The van der Waals surface area contributed by atoms with Gasteiger partial charge in [0.15, 0.2) is 0 Å². The van der Waals surface area contributed by atoms with E-state index in [1.54, 1.807) is 6.07 Å². The summed E-state index contributed by atoms with van der Waals surface area (Å²) in [5, 5.41) is 3.34. The number of anilines is 1. The van der Waals surface area contributed by atoms with Crippen molar-refractivity contribution >= 4 is 21.6 Å². The predicted octanol–water partition coefficient (Wildman–Crippen LogP) is 4.51. The molecule has 0 aromatic heterocycles. The summed E-state index contributed by atoms with van der Waals surface area (Å²) in [4.78, 5) is 0. The topological polar surface area (TPSA) is 12.0 Å². The zero-order chi connectivity index (χ0) is 12.3. The van der Waals surface area contributed by atoms with Crippen molar-refractivity contribution in [2.24, 2.45) is 0 Å². The van der Waals surface area contributed by atoms with Crippen LogP contribution in [0.1, 0.15) is 11.1 Å². The van der Waals surface area contributed by atoms with Crippen LogP contribution >= 0.6 is 15.9 Å². The van der Waals surface area contributed by atoms with Gasteiger partial charge in [-0.25, -0.2) is 4.39 Å². The summed E-state index contributed by atoms with van der Waals surface area (Å²) in [6.45, 7) is 2.73. The molecule has 0 amide bonds. The highest BCUT2D eigenvalue weighted by atomic mass is 79.9. The number of hydrogen-bond acceptors (Lipinski definition) is 1. The van der Waals surface area contributed by atoms with Gasteiger partial charge in [-0.3, -0.25) is 0 Å². The minimum atomic E-state index is -0.225. The third-order valence-corrected chi connectivity index (χ3v) is 3.37. The van der Waals surface area contributed by atoms with Crippen LogP contribution in [0.4, 0.5) is 10.1 Å². The van der Waals surface area contributed by atoms with Gasteiger partial charge in [-0.2, -0.15) is 0 Å². The summed E-state index contributed by atoms with van der Waals surface area (Å²) >= 11 is 3.36. The quantitative estimate of drug-likeness (QED) is 0.878. The highest BCUT2D eigenvalue weighted by Gasteiger charge is 2.02. The molecule has 0 radical (unpaired) electrons. The molecule has 1 nitrogen and oxygen atoms in total. The van der Waals surface area contributed by atoms with Crippen LogP contribution in [-0.2, 0) is 6.54 Å². The van der Waals surface area contributed by atoms with Gasteiger partial charge in [-0.15, -0.1) is 0 Å². The Labute approximate surface area is 109 Å². The van der Waals surface area contributed by atoms with Gasteiger partial charge in [0, 0.05) is 16.7 Å². The van der Waals surface area contributed by atoms with Crippen LogP contribution in [0.3, 0.4) is 0 Å². The zero-order valence-electron chi connectivity index (χ0n) is 9.50. The van der Waals surface area contributed by atoms with Crippen LogP contribution in [-0.4, -0.2) is 0 Å². The Morgan fingerprint density at radius 2 is 1.94 bits per heavy atom. The SMILES string of the molecule is Cc1ccccc1NCc1ccc(F)cc1Br. The van der Waals surface area contributed by atoms with E-state index in [9.17, 15) is 4.39 Å². The molecule has 0 aliphatic heterocycles. The molecule has 3 heteroatoms. The van der Waals surface area contributed by atoms with Gasteiger partial charge >= 0.3 is 0 Å². The molecule has 2 rings (SSSR count). The molecule has 0 saturated carbocycles. The van der Waals surface area contributed by atoms with Gasteiger partial charge in [0.05, 0.1) is 0 Å². The van der Waals surface area contributed by atoms with Crippen LogP contribution in [0, 0.1) is 12.7 Å². The van der Waals surface area contributed by atoms with Crippen molar-refractivity contribution in [3.05, 3.63) is 63.9 Å². The molecular weight excluding hydrogens is 281 g/mol. The molecule has 0 aliphatic carbocycles. The standard InChI is InChI=1S/C14H13BrFN/c1-10-4-2-3-5-14(10)17-9-11-6-7-12(16)8-13(11)15/h2-8,17H,9H2,1H3. The second kappa shape index (κ2) is 5.32. The first-order valence-electron chi connectivity index (χ1n) is 5.40. The van der Waals surface area contributed by atoms with Gasteiger partial charge < -0.3 is 5.32 Å². The van der Waals surface area contributed by atoms with Crippen LogP contribution < -0.4 is 5.32 Å². The normalized spacial score (nSPS) is 10.3. The van der Waals surface area contributed by atoms with Crippen molar-refractivity contribution in [3.63, 3.8) is 0 Å². The fourth-order valence-electron chi connectivity index (χ4n) is 1.63. The van der Waals surface area contributed by atoms with Crippen LogP contribution in [0.5, 0.6) is 0 Å². The Bertz CT molecular complexity index is 525.